The van der Waals surface area contributed by atoms with Gasteiger partial charge in [-0.15, -0.1) is 11.3 Å². The third-order valence-corrected chi connectivity index (χ3v) is 12.1. The highest BCUT2D eigenvalue weighted by molar-refractivity contribution is 7.15. The molecule has 1 N–H and O–H groups in total. The van der Waals surface area contributed by atoms with Crippen LogP contribution in [0.4, 0.5) is 11.5 Å². The number of hydrogen-bond donors (Lipinski definition) is 1. The smallest absolute Gasteiger partial charge is 0.230 e. The number of nitrogens with zero attached hydrogens (tertiary/aromatic N) is 4. The number of aliphatic hydroxyl groups excluding tert-OH is 1. The first kappa shape index (κ1) is 28.0. The van der Waals surface area contributed by atoms with E-state index in [9.17, 15) is 9.90 Å². The standard InChI is InChI=1S/C35H44N4O2S/c1-38(2)31-13-10-27(21-36-31)35-17-14-34(15-18-35,16-19-35)23-39(33(41)25-8-11-29(40)12-9-25)28-5-3-4-26(20-28)30-22-37-32(42-30)24-6-7-24/h3-5,10,13,20-22,24-25,29,40H,6-9,11-12,14-19,23H2,1-2H3/t25-,29-,34?,35?. The van der Waals surface area contributed by atoms with E-state index in [4.69, 9.17) is 9.97 Å². The Morgan fingerprint density at radius 1 is 0.929 bits per heavy atom. The number of pyridine rings is 1. The summed E-state index contributed by atoms with van der Waals surface area (Å²) in [5, 5.41) is 11.4. The number of carbonyl (C=O) groups excluding carboxylic acids is 1. The summed E-state index contributed by atoms with van der Waals surface area (Å²) >= 11 is 1.81. The van der Waals surface area contributed by atoms with Gasteiger partial charge in [0.2, 0.25) is 5.91 Å². The molecule has 0 atom stereocenters. The molecule has 222 valence electrons. The molecule has 8 rings (SSSR count). The Balaban J connectivity index is 1.14. The van der Waals surface area contributed by atoms with Gasteiger partial charge in [-0.1, -0.05) is 18.2 Å². The lowest BCUT2D eigenvalue weighted by Gasteiger charge is -2.55. The molecule has 5 fully saturated rings. The predicted octanol–water partition coefficient (Wildman–Crippen LogP) is 7.32. The van der Waals surface area contributed by atoms with E-state index in [1.165, 1.54) is 47.6 Å². The monoisotopic (exact) mass is 584 g/mol. The van der Waals surface area contributed by atoms with E-state index in [1.54, 1.807) is 0 Å². The minimum Gasteiger partial charge on any atom is -0.393 e. The van der Waals surface area contributed by atoms with Crippen molar-refractivity contribution in [1.82, 2.24) is 9.97 Å². The molecule has 5 saturated carbocycles. The number of hydrogen-bond acceptors (Lipinski definition) is 6. The van der Waals surface area contributed by atoms with E-state index < -0.39 is 0 Å². The summed E-state index contributed by atoms with van der Waals surface area (Å²) in [4.78, 5) is 29.2. The van der Waals surface area contributed by atoms with Crippen LogP contribution in [0.15, 0.2) is 48.8 Å². The molecule has 3 aromatic rings. The predicted molar refractivity (Wildman–Crippen MR) is 170 cm³/mol. The lowest BCUT2D eigenvalue weighted by Crippen LogP contribution is -2.51. The molecule has 0 spiro atoms. The molecule has 7 heteroatoms. The fraction of sp³-hybridized carbons (Fsp3) is 0.571. The fourth-order valence-corrected chi connectivity index (χ4v) is 8.92. The van der Waals surface area contributed by atoms with Crippen molar-refractivity contribution in [3.05, 3.63) is 59.4 Å². The second-order valence-electron chi connectivity index (χ2n) is 13.9. The van der Waals surface area contributed by atoms with Crippen LogP contribution < -0.4 is 9.80 Å². The van der Waals surface area contributed by atoms with Gasteiger partial charge in [-0.3, -0.25) is 4.79 Å². The van der Waals surface area contributed by atoms with E-state index in [2.05, 4.69) is 52.4 Å². The van der Waals surface area contributed by atoms with Crippen molar-refractivity contribution in [3.8, 4) is 10.4 Å². The van der Waals surface area contributed by atoms with Crippen LogP contribution in [0.1, 0.15) is 93.5 Å². The minimum atomic E-state index is -0.262. The van der Waals surface area contributed by atoms with Gasteiger partial charge in [-0.05, 0) is 117 Å². The van der Waals surface area contributed by atoms with E-state index in [1.807, 2.05) is 31.6 Å². The Kier molecular flexibility index (Phi) is 7.38. The van der Waals surface area contributed by atoms with Gasteiger partial charge in [0.25, 0.3) is 0 Å². The second kappa shape index (κ2) is 11.1. The van der Waals surface area contributed by atoms with Gasteiger partial charge in [0.15, 0.2) is 0 Å². The van der Waals surface area contributed by atoms with Gasteiger partial charge in [0.05, 0.1) is 16.0 Å². The number of rotatable bonds is 8. The Morgan fingerprint density at radius 2 is 1.67 bits per heavy atom. The first-order valence-corrected chi connectivity index (χ1v) is 16.8. The summed E-state index contributed by atoms with van der Waals surface area (Å²) in [5.41, 5.74) is 3.94. The normalized spacial score (nSPS) is 28.9. The fourth-order valence-electron chi connectivity index (χ4n) is 7.84. The molecule has 1 aromatic carbocycles. The van der Waals surface area contributed by atoms with Crippen LogP contribution in [0.3, 0.4) is 0 Å². The average Bonchev–Trinajstić information content (AvgIpc) is 3.77. The maximum absolute atomic E-state index is 14.3. The molecule has 1 amide bonds. The Morgan fingerprint density at radius 3 is 2.31 bits per heavy atom. The number of benzene rings is 1. The molecule has 5 aliphatic carbocycles. The molecule has 6 nitrogen and oxygen atoms in total. The summed E-state index contributed by atoms with van der Waals surface area (Å²) in [5.74, 6) is 1.90. The van der Waals surface area contributed by atoms with Crippen LogP contribution in [0.25, 0.3) is 10.4 Å². The van der Waals surface area contributed by atoms with E-state index >= 15 is 0 Å². The highest BCUT2D eigenvalue weighted by Gasteiger charge is 2.50. The van der Waals surface area contributed by atoms with Gasteiger partial charge in [-0.2, -0.15) is 0 Å². The molecule has 2 bridgehead atoms. The third-order valence-electron chi connectivity index (χ3n) is 10.9. The zero-order chi connectivity index (χ0) is 28.9. The number of carbonyl (C=O) groups is 1. The van der Waals surface area contributed by atoms with Crippen molar-refractivity contribution in [2.24, 2.45) is 11.3 Å². The van der Waals surface area contributed by atoms with E-state index in [-0.39, 0.29) is 28.8 Å². The zero-order valence-electron chi connectivity index (χ0n) is 25.1. The summed E-state index contributed by atoms with van der Waals surface area (Å²) in [6.45, 7) is 0.790. The highest BCUT2D eigenvalue weighted by atomic mass is 32.1. The lowest BCUT2D eigenvalue weighted by molar-refractivity contribution is -0.124. The number of amides is 1. The summed E-state index contributed by atoms with van der Waals surface area (Å²) in [6.07, 6.45) is 16.3. The van der Waals surface area contributed by atoms with Crippen LogP contribution in [-0.4, -0.2) is 47.7 Å². The Hall–Kier alpha value is -2.77. The average molecular weight is 585 g/mol. The molecule has 42 heavy (non-hydrogen) atoms. The summed E-state index contributed by atoms with van der Waals surface area (Å²) < 4.78 is 0. The van der Waals surface area contributed by atoms with Gasteiger partial charge in [0.1, 0.15) is 5.82 Å². The van der Waals surface area contributed by atoms with Crippen molar-refractivity contribution in [1.29, 1.82) is 0 Å². The first-order chi connectivity index (χ1) is 20.3. The molecule has 0 aliphatic heterocycles. The molecule has 5 aliphatic rings. The molecular formula is C35H44N4O2S. The minimum absolute atomic E-state index is 0.00844. The topological polar surface area (TPSA) is 69.6 Å². The Labute approximate surface area is 254 Å². The van der Waals surface area contributed by atoms with E-state index in [0.717, 1.165) is 68.6 Å². The lowest BCUT2D eigenvalue weighted by atomic mass is 9.52. The maximum Gasteiger partial charge on any atom is 0.230 e. The summed E-state index contributed by atoms with van der Waals surface area (Å²) in [6, 6.07) is 13.1. The largest absolute Gasteiger partial charge is 0.393 e. The maximum atomic E-state index is 14.3. The van der Waals surface area contributed by atoms with Crippen LogP contribution in [0, 0.1) is 11.3 Å². The first-order valence-electron chi connectivity index (χ1n) is 16.0. The molecule has 0 unspecified atom stereocenters. The van der Waals surface area contributed by atoms with Crippen molar-refractivity contribution in [3.63, 3.8) is 0 Å². The molecule has 2 aromatic heterocycles. The van der Waals surface area contributed by atoms with Crippen molar-refractivity contribution in [2.45, 2.75) is 94.5 Å². The number of aliphatic hydroxyl groups is 1. The molecule has 2 heterocycles. The van der Waals surface area contributed by atoms with Gasteiger partial charge >= 0.3 is 0 Å². The summed E-state index contributed by atoms with van der Waals surface area (Å²) in [7, 11) is 4.08. The van der Waals surface area contributed by atoms with Crippen molar-refractivity contribution < 1.29 is 9.90 Å². The third kappa shape index (κ3) is 5.39. The van der Waals surface area contributed by atoms with Crippen LogP contribution in [0.5, 0.6) is 0 Å². The molecular weight excluding hydrogens is 540 g/mol. The zero-order valence-corrected chi connectivity index (χ0v) is 25.9. The van der Waals surface area contributed by atoms with Crippen molar-refractivity contribution >= 4 is 28.7 Å². The van der Waals surface area contributed by atoms with Gasteiger partial charge in [-0.25, -0.2) is 9.97 Å². The molecule has 0 saturated heterocycles. The van der Waals surface area contributed by atoms with E-state index in [0.29, 0.717) is 5.92 Å². The molecule has 0 radical (unpaired) electrons. The SMILES string of the molecule is CN(C)c1ccc(C23CCC(CN(c4cccc(-c5cnc(C6CC6)s5)c4)C(=O)[C@H]4CC[C@H](O)CC4)(CC2)CC3)cn1. The number of anilines is 2. The second-order valence-corrected chi connectivity index (χ2v) is 15.0. The number of fused-ring (bicyclic) bond motifs is 3. The van der Waals surface area contributed by atoms with Crippen LogP contribution >= 0.6 is 11.3 Å². The quantitative estimate of drug-likeness (QED) is 0.300. The van der Waals surface area contributed by atoms with Gasteiger partial charge in [0, 0.05) is 50.6 Å². The van der Waals surface area contributed by atoms with Crippen LogP contribution in [-0.2, 0) is 10.2 Å². The Bertz CT molecular complexity index is 1400. The van der Waals surface area contributed by atoms with Crippen molar-refractivity contribution in [2.75, 3.05) is 30.4 Å². The van der Waals surface area contributed by atoms with Crippen LogP contribution in [0.2, 0.25) is 0 Å². The van der Waals surface area contributed by atoms with Gasteiger partial charge < -0.3 is 14.9 Å². The number of thiazole rings is 1. The highest BCUT2D eigenvalue weighted by Crippen LogP contribution is 2.58. The number of aromatic nitrogens is 2.